The van der Waals surface area contributed by atoms with Gasteiger partial charge in [0.1, 0.15) is 28.6 Å². The SMILES string of the molecule is CC1(C)CCC(O)C23COC(O)(C(O)C12)C12C(=O)C(CCC4(O)C(=O)C56C(O)C4CCC5C45COC6(O)C(O)C4C(C)(C)CCC5O)C(CCC31)C2O. The van der Waals surface area contributed by atoms with Crippen LogP contribution in [0.4, 0.5) is 0 Å². The van der Waals surface area contributed by atoms with E-state index in [0.717, 1.165) is 0 Å². The number of Topliss-reactive ketones (excluding diaryl/α,β-unsaturated/α-hetero) is 2. The van der Waals surface area contributed by atoms with Crippen molar-refractivity contribution >= 4 is 11.6 Å². The van der Waals surface area contributed by atoms with Crippen molar-refractivity contribution in [3.63, 3.8) is 0 Å². The first-order chi connectivity index (χ1) is 24.6. The number of carbonyl (C=O) groups is 2. The molecule has 296 valence electrons. The molecule has 8 bridgehead atoms. The van der Waals surface area contributed by atoms with Crippen LogP contribution in [-0.2, 0) is 19.1 Å². The van der Waals surface area contributed by atoms with Crippen LogP contribution in [0.1, 0.15) is 91.9 Å². The lowest BCUT2D eigenvalue weighted by Crippen LogP contribution is -2.85. The number of aliphatic hydroxyl groups excluding tert-OH is 6. The number of rotatable bonds is 3. The predicted octanol–water partition coefficient (Wildman–Crippen LogP) is -0.220. The highest BCUT2D eigenvalue weighted by Gasteiger charge is 2.91. The van der Waals surface area contributed by atoms with E-state index in [1.54, 1.807) is 0 Å². The second-order valence-electron chi connectivity index (χ2n) is 21.0. The second kappa shape index (κ2) is 10.1. The fraction of sp³-hybridized carbons (Fsp3) is 0.950. The molecule has 53 heavy (non-hydrogen) atoms. The normalized spacial score (nSPS) is 63.5. The first kappa shape index (κ1) is 36.3. The quantitative estimate of drug-likeness (QED) is 0.182. The minimum absolute atomic E-state index is 0.0558. The number of carbonyl (C=O) groups excluding carboxylic acids is 2. The van der Waals surface area contributed by atoms with Crippen LogP contribution in [0.15, 0.2) is 0 Å². The summed E-state index contributed by atoms with van der Waals surface area (Å²) in [5, 5.41) is 109. The standard InChI is InChI=1S/C40H58O13/c1-32(2)12-10-22(41)34-15-52-39(50,29(46)24(32)34)37-20(34)7-5-17(26(37)43)18(27(37)44)9-14-36(49)19-6-8-21-35-16-53-40(51,38(21,28(19)45)31(36)48)30(47)25(35)33(3,4)13-11-23(35)42/h17-26,28-30,41-43,45-47,49-51H,5-16H2,1-4H3. The lowest BCUT2D eigenvalue weighted by Gasteiger charge is -2.74. The number of ether oxygens (including phenoxy) is 2. The summed E-state index contributed by atoms with van der Waals surface area (Å²) in [7, 11) is 0. The molecule has 8 aliphatic carbocycles. The number of hydrogen-bond donors (Lipinski definition) is 9. The van der Waals surface area contributed by atoms with Gasteiger partial charge in [-0.1, -0.05) is 27.7 Å². The van der Waals surface area contributed by atoms with Crippen LogP contribution in [0.2, 0.25) is 0 Å². The highest BCUT2D eigenvalue weighted by molar-refractivity contribution is 5.99. The maximum atomic E-state index is 15.1. The van der Waals surface area contributed by atoms with E-state index in [0.29, 0.717) is 44.9 Å². The lowest BCUT2D eigenvalue weighted by atomic mass is 9.35. The van der Waals surface area contributed by atoms with E-state index < -0.39 is 139 Å². The molecule has 12 rings (SSSR count). The zero-order chi connectivity index (χ0) is 38.1. The van der Waals surface area contributed by atoms with E-state index in [1.165, 1.54) is 0 Å². The van der Waals surface area contributed by atoms with E-state index in [-0.39, 0.29) is 32.5 Å². The van der Waals surface area contributed by atoms with Crippen molar-refractivity contribution in [2.75, 3.05) is 13.2 Å². The zero-order valence-electron chi connectivity index (χ0n) is 31.1. The summed E-state index contributed by atoms with van der Waals surface area (Å²) in [5.74, 6) is -11.7. The Balaban J connectivity index is 1.01. The van der Waals surface area contributed by atoms with Gasteiger partial charge < -0.3 is 55.4 Å². The molecule has 0 radical (unpaired) electrons. The van der Waals surface area contributed by atoms with E-state index >= 15 is 9.59 Å². The molecule has 13 heteroatoms. The summed E-state index contributed by atoms with van der Waals surface area (Å²) in [4.78, 5) is 30.2. The molecule has 4 spiro atoms. The summed E-state index contributed by atoms with van der Waals surface area (Å²) in [6.45, 7) is 7.78. The summed E-state index contributed by atoms with van der Waals surface area (Å²) < 4.78 is 12.1. The third kappa shape index (κ3) is 3.34. The number of fused-ring (bicyclic) bond motifs is 4. The molecule has 9 N–H and O–H groups in total. The van der Waals surface area contributed by atoms with E-state index in [4.69, 9.17) is 9.47 Å². The third-order valence-electron chi connectivity index (χ3n) is 19.1. The molecule has 20 unspecified atom stereocenters. The molecule has 20 atom stereocenters. The van der Waals surface area contributed by atoms with Crippen LogP contribution < -0.4 is 0 Å². The van der Waals surface area contributed by atoms with Gasteiger partial charge in [-0.25, -0.2) is 0 Å². The molecule has 0 aromatic rings. The van der Waals surface area contributed by atoms with Crippen LogP contribution >= 0.6 is 0 Å². The van der Waals surface area contributed by atoms with Crippen molar-refractivity contribution in [1.82, 2.24) is 0 Å². The Hall–Kier alpha value is -1.10. The summed E-state index contributed by atoms with van der Waals surface area (Å²) >= 11 is 0. The van der Waals surface area contributed by atoms with Crippen molar-refractivity contribution in [3.8, 4) is 0 Å². The van der Waals surface area contributed by atoms with Crippen molar-refractivity contribution in [3.05, 3.63) is 0 Å². The molecule has 13 nitrogen and oxygen atoms in total. The predicted molar refractivity (Wildman–Crippen MR) is 181 cm³/mol. The van der Waals surface area contributed by atoms with Gasteiger partial charge in [0.15, 0.2) is 11.6 Å². The van der Waals surface area contributed by atoms with Gasteiger partial charge in [-0.05, 0) is 92.8 Å². The summed E-state index contributed by atoms with van der Waals surface area (Å²) in [5.41, 5.74) is -9.55. The Labute approximate surface area is 309 Å². The minimum atomic E-state index is -2.53. The Bertz CT molecular complexity index is 1670. The van der Waals surface area contributed by atoms with Crippen molar-refractivity contribution in [2.45, 2.75) is 146 Å². The van der Waals surface area contributed by atoms with Gasteiger partial charge in [0.25, 0.3) is 0 Å². The molecule has 0 aromatic heterocycles. The van der Waals surface area contributed by atoms with Gasteiger partial charge in [-0.3, -0.25) is 9.59 Å². The van der Waals surface area contributed by atoms with E-state index in [1.807, 2.05) is 27.7 Å². The van der Waals surface area contributed by atoms with Crippen LogP contribution in [0.3, 0.4) is 0 Å². The second-order valence-corrected chi connectivity index (χ2v) is 21.0. The smallest absolute Gasteiger partial charge is 0.208 e. The lowest BCUT2D eigenvalue weighted by molar-refractivity contribution is -0.458. The highest BCUT2D eigenvalue weighted by Crippen LogP contribution is 2.79. The first-order valence-electron chi connectivity index (χ1n) is 20.3. The first-order valence-corrected chi connectivity index (χ1v) is 20.3. The van der Waals surface area contributed by atoms with Gasteiger partial charge in [-0.15, -0.1) is 0 Å². The number of aliphatic hydroxyl groups is 9. The average molecular weight is 747 g/mol. The molecule has 0 aromatic carbocycles. The molecule has 4 heterocycles. The molecule has 4 aliphatic heterocycles. The Morgan fingerprint density at radius 2 is 1.11 bits per heavy atom. The van der Waals surface area contributed by atoms with E-state index in [2.05, 4.69) is 0 Å². The number of ketones is 2. The Kier molecular flexibility index (Phi) is 6.92. The summed E-state index contributed by atoms with van der Waals surface area (Å²) in [6.07, 6.45) is -5.21. The van der Waals surface area contributed by atoms with Crippen LogP contribution in [0.5, 0.6) is 0 Å². The Morgan fingerprint density at radius 3 is 1.66 bits per heavy atom. The van der Waals surface area contributed by atoms with Gasteiger partial charge in [0, 0.05) is 34.5 Å². The molecule has 12 aliphatic rings. The van der Waals surface area contributed by atoms with Gasteiger partial charge in [-0.2, -0.15) is 0 Å². The van der Waals surface area contributed by atoms with Gasteiger partial charge >= 0.3 is 0 Å². The molecular formula is C40H58O13. The van der Waals surface area contributed by atoms with Crippen LogP contribution in [-0.4, -0.2) is 125 Å². The molecular weight excluding hydrogens is 688 g/mol. The topological polar surface area (TPSA) is 235 Å². The van der Waals surface area contributed by atoms with Crippen molar-refractivity contribution in [1.29, 1.82) is 0 Å². The highest BCUT2D eigenvalue weighted by atomic mass is 16.7. The summed E-state index contributed by atoms with van der Waals surface area (Å²) in [6, 6.07) is 0. The molecule has 12 fully saturated rings. The minimum Gasteiger partial charge on any atom is -0.392 e. The fourth-order valence-electron chi connectivity index (χ4n) is 17.2. The van der Waals surface area contributed by atoms with Crippen molar-refractivity contribution in [2.24, 2.45) is 73.9 Å². The van der Waals surface area contributed by atoms with Crippen molar-refractivity contribution < 1.29 is 65.0 Å². The largest absolute Gasteiger partial charge is 0.392 e. The maximum absolute atomic E-state index is 15.1. The fourth-order valence-corrected chi connectivity index (χ4v) is 17.2. The molecule has 0 amide bonds. The van der Waals surface area contributed by atoms with Crippen LogP contribution in [0, 0.1) is 73.9 Å². The number of hydrogen-bond acceptors (Lipinski definition) is 13. The average Bonchev–Trinajstić information content (AvgIpc) is 3.25. The maximum Gasteiger partial charge on any atom is 0.208 e. The zero-order valence-corrected chi connectivity index (χ0v) is 31.1. The monoisotopic (exact) mass is 746 g/mol. The third-order valence-corrected chi connectivity index (χ3v) is 19.1. The molecule has 8 saturated carbocycles. The molecule has 4 saturated heterocycles. The van der Waals surface area contributed by atoms with Crippen LogP contribution in [0.25, 0.3) is 0 Å². The van der Waals surface area contributed by atoms with Gasteiger partial charge in [0.2, 0.25) is 11.6 Å². The van der Waals surface area contributed by atoms with E-state index in [9.17, 15) is 46.0 Å². The van der Waals surface area contributed by atoms with Gasteiger partial charge in [0.05, 0.1) is 37.6 Å². The Morgan fingerprint density at radius 1 is 0.623 bits per heavy atom.